The van der Waals surface area contributed by atoms with Gasteiger partial charge in [0.15, 0.2) is 0 Å². The van der Waals surface area contributed by atoms with Crippen LogP contribution in [-0.2, 0) is 0 Å². The monoisotopic (exact) mass is 263 g/mol. The highest BCUT2D eigenvalue weighted by Gasteiger charge is 2.04. The number of nitrogens with zero attached hydrogens (tertiary/aromatic N) is 2. The fraction of sp³-hybridized carbons (Fsp3) is 0.0833. The number of hydrogen-bond acceptors (Lipinski definition) is 4. The maximum absolute atomic E-state index is 13.1. The van der Waals surface area contributed by atoms with Gasteiger partial charge in [-0.2, -0.15) is 0 Å². The van der Waals surface area contributed by atoms with E-state index in [1.54, 1.807) is 13.0 Å². The summed E-state index contributed by atoms with van der Waals surface area (Å²) in [6, 6.07) is 4.44. The molecule has 0 aliphatic rings. The zero-order valence-corrected chi connectivity index (χ0v) is 10.4. The van der Waals surface area contributed by atoms with E-state index < -0.39 is 0 Å². The van der Waals surface area contributed by atoms with Crippen LogP contribution in [0.3, 0.4) is 0 Å². The van der Waals surface area contributed by atoms with E-state index in [1.807, 2.05) is 0 Å². The molecule has 0 spiro atoms. The highest BCUT2D eigenvalue weighted by atomic mass is 32.1. The summed E-state index contributed by atoms with van der Waals surface area (Å²) >= 11 is 4.76. The minimum absolute atomic E-state index is 0.173. The standard InChI is InChI=1S/C12H10FN3OS/c1-7-4-8(2-3-9(7)13)17-11-6-15-10(5-16-11)12(14)18/h2-6H,1H3,(H2,14,18). The molecule has 0 atom stereocenters. The Kier molecular flexibility index (Phi) is 3.47. The molecule has 0 aliphatic carbocycles. The second-order valence-electron chi connectivity index (χ2n) is 3.62. The fourth-order valence-electron chi connectivity index (χ4n) is 1.30. The van der Waals surface area contributed by atoms with Gasteiger partial charge in [0.1, 0.15) is 22.2 Å². The van der Waals surface area contributed by atoms with Crippen LogP contribution in [0, 0.1) is 12.7 Å². The van der Waals surface area contributed by atoms with Crippen LogP contribution in [0.1, 0.15) is 11.3 Å². The number of rotatable bonds is 3. The molecule has 0 saturated heterocycles. The molecule has 0 amide bonds. The smallest absolute Gasteiger partial charge is 0.237 e. The number of benzene rings is 1. The molecule has 1 aromatic heterocycles. The van der Waals surface area contributed by atoms with E-state index in [9.17, 15) is 4.39 Å². The Morgan fingerprint density at radius 3 is 2.67 bits per heavy atom. The zero-order chi connectivity index (χ0) is 13.1. The maximum atomic E-state index is 13.1. The van der Waals surface area contributed by atoms with Crippen LogP contribution < -0.4 is 10.5 Å². The SMILES string of the molecule is Cc1cc(Oc2cnc(C(N)=S)cn2)ccc1F. The lowest BCUT2D eigenvalue weighted by molar-refractivity contribution is 0.457. The Hall–Kier alpha value is -2.08. The van der Waals surface area contributed by atoms with Crippen molar-refractivity contribution in [1.29, 1.82) is 0 Å². The van der Waals surface area contributed by atoms with E-state index in [2.05, 4.69) is 9.97 Å². The van der Waals surface area contributed by atoms with Crippen LogP contribution in [0.25, 0.3) is 0 Å². The van der Waals surface area contributed by atoms with Crippen LogP contribution in [0.15, 0.2) is 30.6 Å². The van der Waals surface area contributed by atoms with Crippen molar-refractivity contribution in [3.8, 4) is 11.6 Å². The summed E-state index contributed by atoms with van der Waals surface area (Å²) in [6.45, 7) is 1.66. The first-order chi connectivity index (χ1) is 8.56. The van der Waals surface area contributed by atoms with Gasteiger partial charge in [-0.15, -0.1) is 0 Å². The van der Waals surface area contributed by atoms with Gasteiger partial charge in [0.25, 0.3) is 0 Å². The highest BCUT2D eigenvalue weighted by Crippen LogP contribution is 2.21. The summed E-state index contributed by atoms with van der Waals surface area (Å²) in [7, 11) is 0. The molecule has 2 aromatic rings. The normalized spacial score (nSPS) is 10.1. The van der Waals surface area contributed by atoms with Gasteiger partial charge in [0.2, 0.25) is 5.88 Å². The number of aryl methyl sites for hydroxylation is 1. The van der Waals surface area contributed by atoms with Gasteiger partial charge >= 0.3 is 0 Å². The van der Waals surface area contributed by atoms with E-state index in [-0.39, 0.29) is 10.8 Å². The molecule has 2 N–H and O–H groups in total. The molecule has 0 unspecified atom stereocenters. The molecule has 0 bridgehead atoms. The third-order valence-electron chi connectivity index (χ3n) is 2.23. The van der Waals surface area contributed by atoms with Crippen molar-refractivity contribution in [2.75, 3.05) is 0 Å². The van der Waals surface area contributed by atoms with Crippen molar-refractivity contribution >= 4 is 17.2 Å². The van der Waals surface area contributed by atoms with E-state index in [4.69, 9.17) is 22.7 Å². The first-order valence-corrected chi connectivity index (χ1v) is 5.53. The van der Waals surface area contributed by atoms with Crippen LogP contribution >= 0.6 is 12.2 Å². The summed E-state index contributed by atoms with van der Waals surface area (Å²) in [5, 5.41) is 0. The van der Waals surface area contributed by atoms with Crippen molar-refractivity contribution in [3.05, 3.63) is 47.7 Å². The quantitative estimate of drug-likeness (QED) is 0.861. The van der Waals surface area contributed by atoms with Crippen LogP contribution in [0.5, 0.6) is 11.6 Å². The number of hydrogen-bond donors (Lipinski definition) is 1. The van der Waals surface area contributed by atoms with Gasteiger partial charge in [-0.3, -0.25) is 0 Å². The van der Waals surface area contributed by atoms with E-state index in [1.165, 1.54) is 24.5 Å². The van der Waals surface area contributed by atoms with Gasteiger partial charge < -0.3 is 10.5 Å². The van der Waals surface area contributed by atoms with Crippen molar-refractivity contribution in [3.63, 3.8) is 0 Å². The molecule has 0 saturated carbocycles. The summed E-state index contributed by atoms with van der Waals surface area (Å²) in [5.74, 6) is 0.504. The van der Waals surface area contributed by atoms with Gasteiger partial charge in [-0.1, -0.05) is 12.2 Å². The minimum atomic E-state index is -0.280. The largest absolute Gasteiger partial charge is 0.437 e. The Balaban J connectivity index is 2.18. The first kappa shape index (κ1) is 12.4. The summed E-state index contributed by atoms with van der Waals surface area (Å²) in [4.78, 5) is 8.16. The second kappa shape index (κ2) is 5.05. The Morgan fingerprint density at radius 2 is 2.11 bits per heavy atom. The van der Waals surface area contributed by atoms with Gasteiger partial charge in [0, 0.05) is 0 Å². The van der Waals surface area contributed by atoms with E-state index in [0.29, 0.717) is 22.9 Å². The minimum Gasteiger partial charge on any atom is -0.437 e. The van der Waals surface area contributed by atoms with Gasteiger partial charge in [-0.25, -0.2) is 14.4 Å². The molecule has 18 heavy (non-hydrogen) atoms. The van der Waals surface area contributed by atoms with Crippen molar-refractivity contribution in [2.45, 2.75) is 6.92 Å². The number of thiocarbonyl (C=S) groups is 1. The summed E-state index contributed by atoms with van der Waals surface area (Å²) in [5.41, 5.74) is 6.32. The second-order valence-corrected chi connectivity index (χ2v) is 4.06. The van der Waals surface area contributed by atoms with E-state index >= 15 is 0 Å². The Bertz CT molecular complexity index is 586. The average molecular weight is 263 g/mol. The van der Waals surface area contributed by atoms with Crippen molar-refractivity contribution < 1.29 is 9.13 Å². The third-order valence-corrected chi connectivity index (χ3v) is 2.44. The highest BCUT2D eigenvalue weighted by molar-refractivity contribution is 7.80. The molecule has 2 rings (SSSR count). The Labute approximate surface area is 109 Å². The lowest BCUT2D eigenvalue weighted by atomic mass is 10.2. The van der Waals surface area contributed by atoms with Crippen LogP contribution in [0.4, 0.5) is 4.39 Å². The fourth-order valence-corrected chi connectivity index (χ4v) is 1.40. The molecule has 92 valence electrons. The van der Waals surface area contributed by atoms with Crippen molar-refractivity contribution in [1.82, 2.24) is 9.97 Å². The lowest BCUT2D eigenvalue weighted by Crippen LogP contribution is -2.11. The number of nitrogens with two attached hydrogens (primary N) is 1. The molecule has 1 heterocycles. The lowest BCUT2D eigenvalue weighted by Gasteiger charge is -2.06. The molecule has 0 fully saturated rings. The van der Waals surface area contributed by atoms with Crippen molar-refractivity contribution in [2.24, 2.45) is 5.73 Å². The van der Waals surface area contributed by atoms with Crippen LogP contribution in [-0.4, -0.2) is 15.0 Å². The zero-order valence-electron chi connectivity index (χ0n) is 9.55. The summed E-state index contributed by atoms with van der Waals surface area (Å²) < 4.78 is 18.5. The predicted octanol–water partition coefficient (Wildman–Crippen LogP) is 2.35. The van der Waals surface area contributed by atoms with Gasteiger partial charge in [-0.05, 0) is 30.7 Å². The van der Waals surface area contributed by atoms with Crippen LogP contribution in [0.2, 0.25) is 0 Å². The molecular formula is C12H10FN3OS. The summed E-state index contributed by atoms with van der Waals surface area (Å²) in [6.07, 6.45) is 2.83. The molecule has 1 aromatic carbocycles. The van der Waals surface area contributed by atoms with Gasteiger partial charge in [0.05, 0.1) is 12.4 Å². The molecule has 0 radical (unpaired) electrons. The molecular weight excluding hydrogens is 253 g/mol. The molecule has 0 aliphatic heterocycles. The number of aromatic nitrogens is 2. The molecule has 4 nitrogen and oxygen atoms in total. The third kappa shape index (κ3) is 2.78. The van der Waals surface area contributed by atoms with E-state index in [0.717, 1.165) is 0 Å². The Morgan fingerprint density at radius 1 is 1.33 bits per heavy atom. The topological polar surface area (TPSA) is 61.0 Å². The maximum Gasteiger partial charge on any atom is 0.237 e. The predicted molar refractivity (Wildman–Crippen MR) is 69.1 cm³/mol. The molecule has 6 heteroatoms. The average Bonchev–Trinajstić information content (AvgIpc) is 2.34. The first-order valence-electron chi connectivity index (χ1n) is 5.12. The number of ether oxygens (including phenoxy) is 1. The number of halogens is 1.